The summed E-state index contributed by atoms with van der Waals surface area (Å²) in [4.78, 5) is 9.76. The molecule has 0 unspecified atom stereocenters. The first-order valence-electron chi connectivity index (χ1n) is 8.81. The average Bonchev–Trinajstić information content (AvgIpc) is 3.12. The number of benzene rings is 2. The van der Waals surface area contributed by atoms with Crippen molar-refractivity contribution in [1.82, 2.24) is 4.98 Å². The minimum Gasteiger partial charge on any atom is -0.495 e. The van der Waals surface area contributed by atoms with Gasteiger partial charge in [0, 0.05) is 26.2 Å². The van der Waals surface area contributed by atoms with Gasteiger partial charge in [0.1, 0.15) is 5.75 Å². The van der Waals surface area contributed by atoms with E-state index in [-0.39, 0.29) is 0 Å². The van der Waals surface area contributed by atoms with Crippen molar-refractivity contribution in [1.29, 1.82) is 0 Å². The highest BCUT2D eigenvalue weighted by Gasteiger charge is 2.22. The van der Waals surface area contributed by atoms with Gasteiger partial charge in [0.15, 0.2) is 5.13 Å². The fourth-order valence-electron chi connectivity index (χ4n) is 3.44. The summed E-state index contributed by atoms with van der Waals surface area (Å²) >= 11 is 1.81. The molecular weight excluding hydrogens is 330 g/mol. The van der Waals surface area contributed by atoms with Gasteiger partial charge in [-0.05, 0) is 30.2 Å². The lowest BCUT2D eigenvalue weighted by Crippen LogP contribution is -2.46. The number of thiazole rings is 1. The van der Waals surface area contributed by atoms with Crippen molar-refractivity contribution < 1.29 is 4.74 Å². The zero-order valence-electron chi connectivity index (χ0n) is 14.7. The summed E-state index contributed by atoms with van der Waals surface area (Å²) in [5.74, 6) is 0.948. The molecule has 1 aliphatic heterocycles. The second-order valence-corrected chi connectivity index (χ2v) is 7.27. The summed E-state index contributed by atoms with van der Waals surface area (Å²) in [6.45, 7) is 6.13. The van der Waals surface area contributed by atoms with Crippen molar-refractivity contribution in [2.75, 3.05) is 43.1 Å². The highest BCUT2D eigenvalue weighted by Crippen LogP contribution is 2.33. The van der Waals surface area contributed by atoms with E-state index in [4.69, 9.17) is 9.72 Å². The molecule has 0 bridgehead atoms. The molecule has 0 radical (unpaired) electrons. The number of piperazine rings is 1. The number of aromatic nitrogens is 1. The first-order chi connectivity index (χ1) is 12.3. The van der Waals surface area contributed by atoms with Crippen LogP contribution in [0.15, 0.2) is 42.5 Å². The Balaban J connectivity index is 1.52. The highest BCUT2D eigenvalue weighted by molar-refractivity contribution is 7.22. The Morgan fingerprint density at radius 3 is 2.52 bits per heavy atom. The number of nitrogens with zero attached hydrogens (tertiary/aromatic N) is 3. The summed E-state index contributed by atoms with van der Waals surface area (Å²) in [5.41, 5.74) is 3.70. The summed E-state index contributed by atoms with van der Waals surface area (Å²) in [5, 5.41) is 1.15. The molecule has 130 valence electrons. The van der Waals surface area contributed by atoms with Crippen molar-refractivity contribution in [3.63, 3.8) is 0 Å². The fourth-order valence-corrected chi connectivity index (χ4v) is 4.51. The molecule has 25 heavy (non-hydrogen) atoms. The number of ether oxygens (including phenoxy) is 1. The molecule has 4 nitrogen and oxygen atoms in total. The molecule has 0 atom stereocenters. The molecule has 0 aliphatic carbocycles. The number of rotatable bonds is 4. The molecule has 1 aromatic heterocycles. The summed E-state index contributed by atoms with van der Waals surface area (Å²) in [6, 6.07) is 14.8. The van der Waals surface area contributed by atoms with Gasteiger partial charge in [0.25, 0.3) is 0 Å². The minimum atomic E-state index is 0.948. The second kappa shape index (κ2) is 6.92. The zero-order chi connectivity index (χ0) is 17.2. The lowest BCUT2D eigenvalue weighted by Gasteiger charge is -2.36. The van der Waals surface area contributed by atoms with Crippen molar-refractivity contribution in [3.05, 3.63) is 48.0 Å². The molecule has 1 aliphatic rings. The van der Waals surface area contributed by atoms with Crippen molar-refractivity contribution in [2.24, 2.45) is 0 Å². The predicted octanol–water partition coefficient (Wildman–Crippen LogP) is 4.19. The topological polar surface area (TPSA) is 28.6 Å². The van der Waals surface area contributed by atoms with Gasteiger partial charge in [-0.2, -0.15) is 0 Å². The second-order valence-electron chi connectivity index (χ2n) is 6.26. The van der Waals surface area contributed by atoms with Crippen molar-refractivity contribution in [3.8, 4) is 5.75 Å². The number of fused-ring (bicyclic) bond motifs is 1. The van der Waals surface area contributed by atoms with Crippen molar-refractivity contribution in [2.45, 2.75) is 13.3 Å². The number of para-hydroxylation sites is 3. The third kappa shape index (κ3) is 3.04. The normalized spacial score (nSPS) is 15.0. The van der Waals surface area contributed by atoms with Crippen LogP contribution in [-0.2, 0) is 6.42 Å². The van der Waals surface area contributed by atoms with Crippen LogP contribution in [0.2, 0.25) is 0 Å². The van der Waals surface area contributed by atoms with Gasteiger partial charge in [-0.3, -0.25) is 0 Å². The average molecular weight is 353 g/mol. The van der Waals surface area contributed by atoms with Gasteiger partial charge >= 0.3 is 0 Å². The monoisotopic (exact) mass is 353 g/mol. The van der Waals surface area contributed by atoms with E-state index in [1.807, 2.05) is 23.5 Å². The maximum absolute atomic E-state index is 5.51. The number of hydrogen-bond acceptors (Lipinski definition) is 5. The lowest BCUT2D eigenvalue weighted by molar-refractivity contribution is 0.413. The van der Waals surface area contributed by atoms with Gasteiger partial charge < -0.3 is 14.5 Å². The van der Waals surface area contributed by atoms with Crippen LogP contribution in [0.25, 0.3) is 10.2 Å². The van der Waals surface area contributed by atoms with E-state index in [0.29, 0.717) is 0 Å². The largest absolute Gasteiger partial charge is 0.495 e. The van der Waals surface area contributed by atoms with Crippen LogP contribution in [0.5, 0.6) is 5.75 Å². The SMILES string of the molecule is CCc1cccc2sc(N3CCN(c4ccccc4OC)CC3)nc12. The number of hydrogen-bond donors (Lipinski definition) is 0. The van der Waals surface area contributed by atoms with E-state index in [0.717, 1.165) is 43.5 Å². The molecule has 0 saturated carbocycles. The third-order valence-electron chi connectivity index (χ3n) is 4.85. The molecule has 0 amide bonds. The number of aryl methyl sites for hydroxylation is 1. The molecule has 3 aromatic rings. The van der Waals surface area contributed by atoms with Gasteiger partial charge in [-0.25, -0.2) is 4.98 Å². The maximum Gasteiger partial charge on any atom is 0.186 e. The van der Waals surface area contributed by atoms with E-state index < -0.39 is 0 Å². The number of methoxy groups -OCH3 is 1. The first kappa shape index (κ1) is 16.2. The standard InChI is InChI=1S/C20H23N3OS/c1-3-15-7-6-10-18-19(15)21-20(25-18)23-13-11-22(12-14-23)16-8-4-5-9-17(16)24-2/h4-10H,3,11-14H2,1-2H3. The molecule has 2 heterocycles. The first-order valence-corrected chi connectivity index (χ1v) is 9.63. The smallest absolute Gasteiger partial charge is 0.186 e. The molecule has 0 N–H and O–H groups in total. The zero-order valence-corrected chi connectivity index (χ0v) is 15.6. The van der Waals surface area contributed by atoms with E-state index >= 15 is 0 Å². The lowest BCUT2D eigenvalue weighted by atomic mass is 10.1. The molecule has 5 heteroatoms. The van der Waals surface area contributed by atoms with Gasteiger partial charge in [-0.15, -0.1) is 0 Å². The Morgan fingerprint density at radius 2 is 1.76 bits per heavy atom. The third-order valence-corrected chi connectivity index (χ3v) is 5.93. The van der Waals surface area contributed by atoms with Gasteiger partial charge in [0.05, 0.1) is 23.0 Å². The van der Waals surface area contributed by atoms with E-state index in [2.05, 4.69) is 47.1 Å². The summed E-state index contributed by atoms with van der Waals surface area (Å²) in [6.07, 6.45) is 1.03. The predicted molar refractivity (Wildman–Crippen MR) is 106 cm³/mol. The van der Waals surface area contributed by atoms with Crippen LogP contribution in [0.1, 0.15) is 12.5 Å². The summed E-state index contributed by atoms with van der Waals surface area (Å²) < 4.78 is 6.80. The van der Waals surface area contributed by atoms with Crippen molar-refractivity contribution >= 4 is 32.4 Å². The Labute approximate surface area is 152 Å². The molecule has 1 saturated heterocycles. The molecular formula is C20H23N3OS. The van der Waals surface area contributed by atoms with Crippen LogP contribution in [-0.4, -0.2) is 38.3 Å². The molecule has 4 rings (SSSR count). The Bertz CT molecular complexity index is 868. The highest BCUT2D eigenvalue weighted by atomic mass is 32.1. The van der Waals surface area contributed by atoms with Gasteiger partial charge in [0.2, 0.25) is 0 Å². The van der Waals surface area contributed by atoms with Crippen LogP contribution in [0.3, 0.4) is 0 Å². The summed E-state index contributed by atoms with van der Waals surface area (Å²) in [7, 11) is 1.74. The molecule has 2 aromatic carbocycles. The van der Waals surface area contributed by atoms with Crippen LogP contribution >= 0.6 is 11.3 Å². The fraction of sp³-hybridized carbons (Fsp3) is 0.350. The quantitative estimate of drug-likeness (QED) is 0.703. The van der Waals surface area contributed by atoms with Gasteiger partial charge in [-0.1, -0.05) is 42.5 Å². The number of anilines is 2. The minimum absolute atomic E-state index is 0.948. The Kier molecular flexibility index (Phi) is 4.49. The van der Waals surface area contributed by atoms with E-state index in [9.17, 15) is 0 Å². The maximum atomic E-state index is 5.51. The van der Waals surface area contributed by atoms with Crippen LogP contribution < -0.4 is 14.5 Å². The van der Waals surface area contributed by atoms with Crippen LogP contribution in [0.4, 0.5) is 10.8 Å². The van der Waals surface area contributed by atoms with E-state index in [1.54, 1.807) is 7.11 Å². The Hall–Kier alpha value is -2.27. The molecule has 1 fully saturated rings. The van der Waals surface area contributed by atoms with Crippen LogP contribution in [0, 0.1) is 0 Å². The van der Waals surface area contributed by atoms with E-state index in [1.165, 1.54) is 21.5 Å². The molecule has 0 spiro atoms. The Morgan fingerprint density at radius 1 is 1.00 bits per heavy atom.